The van der Waals surface area contributed by atoms with Crippen LogP contribution in [0.3, 0.4) is 0 Å². The molecule has 28 heavy (non-hydrogen) atoms. The maximum Gasteiger partial charge on any atom is 0.232 e. The van der Waals surface area contributed by atoms with E-state index in [1.165, 1.54) is 6.07 Å². The Bertz CT molecular complexity index is 910. The van der Waals surface area contributed by atoms with Crippen molar-refractivity contribution >= 4 is 52.9 Å². The number of nitrogens with two attached hydrogens (primary N) is 1. The Kier molecular flexibility index (Phi) is 9.39. The predicted molar refractivity (Wildman–Crippen MR) is 115 cm³/mol. The standard InChI is InChI=1S/C18H16ClF2N3OS.2ClH/c19-12-4-1-10(2-5-12)7-13(22)9-23-18-24-17(25)16(26-18)11-3-6-14(20)15(21)8-11;;/h1-6,8,13,25H,7,9,22H2,(H,23,24);2*1H/t13-;;/m0../s1. The number of rotatable bonds is 6. The number of halogens is 5. The van der Waals surface area contributed by atoms with E-state index < -0.39 is 11.6 Å². The lowest BCUT2D eigenvalue weighted by Crippen LogP contribution is -2.31. The largest absolute Gasteiger partial charge is 0.492 e. The van der Waals surface area contributed by atoms with Gasteiger partial charge in [0.25, 0.3) is 0 Å². The summed E-state index contributed by atoms with van der Waals surface area (Å²) in [5, 5.41) is 14.2. The number of nitrogens with zero attached hydrogens (tertiary/aromatic N) is 1. The third-order valence-electron chi connectivity index (χ3n) is 3.72. The van der Waals surface area contributed by atoms with Crippen LogP contribution in [-0.4, -0.2) is 22.7 Å². The van der Waals surface area contributed by atoms with Gasteiger partial charge in [0.2, 0.25) is 5.88 Å². The maximum atomic E-state index is 13.4. The lowest BCUT2D eigenvalue weighted by atomic mass is 10.1. The number of thiazole rings is 1. The maximum absolute atomic E-state index is 13.4. The summed E-state index contributed by atoms with van der Waals surface area (Å²) in [5.74, 6) is -2.16. The molecule has 1 atom stereocenters. The zero-order chi connectivity index (χ0) is 18.7. The number of hydrogen-bond acceptors (Lipinski definition) is 5. The van der Waals surface area contributed by atoms with Crippen LogP contribution in [0.4, 0.5) is 13.9 Å². The van der Waals surface area contributed by atoms with Crippen LogP contribution < -0.4 is 11.1 Å². The van der Waals surface area contributed by atoms with Crippen molar-refractivity contribution in [1.29, 1.82) is 0 Å². The SMILES string of the molecule is Cl.Cl.N[C@H](CNc1nc(O)c(-c2ccc(F)c(F)c2)s1)Cc1ccc(Cl)cc1. The molecule has 0 aliphatic rings. The van der Waals surface area contributed by atoms with E-state index in [2.05, 4.69) is 10.3 Å². The highest BCUT2D eigenvalue weighted by Crippen LogP contribution is 2.37. The molecule has 10 heteroatoms. The van der Waals surface area contributed by atoms with Crippen LogP contribution >= 0.6 is 47.8 Å². The summed E-state index contributed by atoms with van der Waals surface area (Å²) in [4.78, 5) is 4.36. The van der Waals surface area contributed by atoms with E-state index in [9.17, 15) is 13.9 Å². The molecule has 1 heterocycles. The minimum atomic E-state index is -0.977. The van der Waals surface area contributed by atoms with Crippen molar-refractivity contribution in [3.63, 3.8) is 0 Å². The van der Waals surface area contributed by atoms with Gasteiger partial charge in [-0.3, -0.25) is 0 Å². The number of aromatic nitrogens is 1. The van der Waals surface area contributed by atoms with Crippen molar-refractivity contribution in [2.75, 3.05) is 11.9 Å². The first-order chi connectivity index (χ1) is 12.4. The molecule has 0 saturated carbocycles. The van der Waals surface area contributed by atoms with Gasteiger partial charge in [0, 0.05) is 23.2 Å². The lowest BCUT2D eigenvalue weighted by Gasteiger charge is -2.12. The third-order valence-corrected chi connectivity index (χ3v) is 5.02. The summed E-state index contributed by atoms with van der Waals surface area (Å²) in [5.41, 5.74) is 7.53. The van der Waals surface area contributed by atoms with E-state index >= 15 is 0 Å². The topological polar surface area (TPSA) is 71.2 Å². The van der Waals surface area contributed by atoms with Gasteiger partial charge in [-0.25, -0.2) is 8.78 Å². The first kappa shape index (κ1) is 24.4. The van der Waals surface area contributed by atoms with Crippen molar-refractivity contribution in [2.45, 2.75) is 12.5 Å². The molecule has 2 aromatic carbocycles. The summed E-state index contributed by atoms with van der Waals surface area (Å²) in [6.45, 7) is 0.437. The quantitative estimate of drug-likeness (QED) is 0.461. The minimum absolute atomic E-state index is 0. The van der Waals surface area contributed by atoms with Gasteiger partial charge < -0.3 is 16.2 Å². The number of hydrogen-bond donors (Lipinski definition) is 3. The summed E-state index contributed by atoms with van der Waals surface area (Å²) in [6.07, 6.45) is 0.650. The summed E-state index contributed by atoms with van der Waals surface area (Å²) >= 11 is 7.00. The molecule has 0 radical (unpaired) electrons. The molecular weight excluding hydrogens is 451 g/mol. The smallest absolute Gasteiger partial charge is 0.232 e. The van der Waals surface area contributed by atoms with Crippen molar-refractivity contribution in [3.8, 4) is 16.3 Å². The van der Waals surface area contributed by atoms with Gasteiger partial charge in [0.05, 0.1) is 4.88 Å². The number of aromatic hydroxyl groups is 1. The zero-order valence-corrected chi connectivity index (χ0v) is 17.6. The summed E-state index contributed by atoms with van der Waals surface area (Å²) in [6, 6.07) is 10.7. The van der Waals surface area contributed by atoms with Crippen LogP contribution in [-0.2, 0) is 6.42 Å². The van der Waals surface area contributed by atoms with Gasteiger partial charge in [-0.2, -0.15) is 4.98 Å². The van der Waals surface area contributed by atoms with Crippen LogP contribution in [0.5, 0.6) is 5.88 Å². The molecule has 4 N–H and O–H groups in total. The van der Waals surface area contributed by atoms with Crippen molar-refractivity contribution in [2.24, 2.45) is 5.73 Å². The van der Waals surface area contributed by atoms with Crippen LogP contribution in [0.25, 0.3) is 10.4 Å². The normalized spacial score (nSPS) is 11.3. The Balaban J connectivity index is 0.00000196. The fraction of sp³-hybridized carbons (Fsp3) is 0.167. The summed E-state index contributed by atoms with van der Waals surface area (Å²) < 4.78 is 26.4. The molecule has 0 unspecified atom stereocenters. The Labute approximate surface area is 182 Å². The lowest BCUT2D eigenvalue weighted by molar-refractivity contribution is 0.459. The molecule has 0 amide bonds. The Morgan fingerprint density at radius 2 is 1.79 bits per heavy atom. The molecule has 3 rings (SSSR count). The van der Waals surface area contributed by atoms with Crippen LogP contribution in [0.2, 0.25) is 5.02 Å². The molecule has 152 valence electrons. The minimum Gasteiger partial charge on any atom is -0.492 e. The number of anilines is 1. The van der Waals surface area contributed by atoms with Gasteiger partial charge in [-0.1, -0.05) is 41.1 Å². The molecular formula is C18H18Cl3F2N3OS. The number of benzene rings is 2. The van der Waals surface area contributed by atoms with E-state index in [4.69, 9.17) is 17.3 Å². The zero-order valence-electron chi connectivity index (χ0n) is 14.4. The number of nitrogens with one attached hydrogen (secondary N) is 1. The molecule has 0 fully saturated rings. The van der Waals surface area contributed by atoms with Crippen molar-refractivity contribution in [3.05, 3.63) is 64.7 Å². The fourth-order valence-corrected chi connectivity index (χ4v) is 3.42. The highest BCUT2D eigenvalue weighted by molar-refractivity contribution is 7.19. The van der Waals surface area contributed by atoms with Crippen LogP contribution in [0.15, 0.2) is 42.5 Å². The second-order valence-electron chi connectivity index (χ2n) is 5.77. The molecule has 0 saturated heterocycles. The second kappa shape index (κ2) is 10.8. The van der Waals surface area contributed by atoms with Gasteiger partial charge in [0.1, 0.15) is 0 Å². The van der Waals surface area contributed by atoms with E-state index in [0.717, 1.165) is 29.0 Å². The Hall–Kier alpha value is -1.64. The monoisotopic (exact) mass is 467 g/mol. The third kappa shape index (κ3) is 6.18. The van der Waals surface area contributed by atoms with Crippen molar-refractivity contribution in [1.82, 2.24) is 4.98 Å². The van der Waals surface area contributed by atoms with E-state index in [1.807, 2.05) is 24.3 Å². The molecule has 0 aliphatic heterocycles. The molecule has 0 aliphatic carbocycles. The van der Waals surface area contributed by atoms with Gasteiger partial charge in [0.15, 0.2) is 16.8 Å². The average molecular weight is 469 g/mol. The second-order valence-corrected chi connectivity index (χ2v) is 7.21. The highest BCUT2D eigenvalue weighted by atomic mass is 35.5. The first-order valence-electron chi connectivity index (χ1n) is 7.81. The van der Waals surface area contributed by atoms with Crippen LogP contribution in [0.1, 0.15) is 5.56 Å². The molecule has 0 spiro atoms. The predicted octanol–water partition coefficient (Wildman–Crippen LogP) is 5.27. The molecule has 1 aromatic heterocycles. The Morgan fingerprint density at radius 3 is 2.43 bits per heavy atom. The van der Waals surface area contributed by atoms with Gasteiger partial charge in [-0.05, 0) is 36.2 Å². The highest BCUT2D eigenvalue weighted by Gasteiger charge is 2.15. The van der Waals surface area contributed by atoms with E-state index in [-0.39, 0.29) is 36.7 Å². The van der Waals surface area contributed by atoms with Crippen molar-refractivity contribution < 1.29 is 13.9 Å². The van der Waals surface area contributed by atoms with Crippen LogP contribution in [0, 0.1) is 11.6 Å². The first-order valence-corrected chi connectivity index (χ1v) is 9.01. The Morgan fingerprint density at radius 1 is 1.11 bits per heavy atom. The van der Waals surface area contributed by atoms with Gasteiger partial charge in [-0.15, -0.1) is 24.8 Å². The van der Waals surface area contributed by atoms with E-state index in [0.29, 0.717) is 33.6 Å². The summed E-state index contributed by atoms with van der Waals surface area (Å²) in [7, 11) is 0. The average Bonchev–Trinajstić information content (AvgIpc) is 2.98. The van der Waals surface area contributed by atoms with E-state index in [1.54, 1.807) is 0 Å². The molecule has 3 aromatic rings. The fourth-order valence-electron chi connectivity index (χ4n) is 2.43. The molecule has 0 bridgehead atoms. The van der Waals surface area contributed by atoms with Gasteiger partial charge >= 0.3 is 0 Å². The molecule has 4 nitrogen and oxygen atoms in total.